The molecule has 196 valence electrons. The maximum Gasteiger partial charge on any atom is 0.253 e. The number of aryl methyl sites for hydroxylation is 2. The van der Waals surface area contributed by atoms with Gasteiger partial charge in [-0.25, -0.2) is 9.50 Å². The Labute approximate surface area is 220 Å². The maximum atomic E-state index is 12.5. The van der Waals surface area contributed by atoms with Crippen LogP contribution in [-0.2, 0) is 4.79 Å². The highest BCUT2D eigenvalue weighted by Gasteiger charge is 2.22. The highest BCUT2D eigenvalue weighted by Crippen LogP contribution is 2.30. The lowest BCUT2D eigenvalue weighted by Gasteiger charge is -2.20. The molecule has 0 aliphatic carbocycles. The molecule has 2 aromatic heterocycles. The predicted octanol–water partition coefficient (Wildman–Crippen LogP) is 4.07. The predicted molar refractivity (Wildman–Crippen MR) is 147 cm³/mol. The fraction of sp³-hybridized carbons (Fsp3) is 0.286. The summed E-state index contributed by atoms with van der Waals surface area (Å²) in [5.74, 6) is 0.512. The maximum absolute atomic E-state index is 12.5. The molecule has 4 N–H and O–H groups in total. The number of aliphatic hydroxyl groups is 1. The van der Waals surface area contributed by atoms with Crippen molar-refractivity contribution >= 4 is 40.2 Å². The molecule has 0 spiro atoms. The van der Waals surface area contributed by atoms with Crippen molar-refractivity contribution in [3.63, 3.8) is 0 Å². The minimum atomic E-state index is -0.981. The molecule has 3 heterocycles. The molecule has 1 saturated heterocycles. The third-order valence-electron chi connectivity index (χ3n) is 6.77. The van der Waals surface area contributed by atoms with Gasteiger partial charge in [0.15, 0.2) is 12.0 Å². The van der Waals surface area contributed by atoms with Crippen molar-refractivity contribution in [3.8, 4) is 0 Å². The van der Waals surface area contributed by atoms with E-state index in [2.05, 4.69) is 26.0 Å². The second-order valence-electron chi connectivity index (χ2n) is 9.37. The standard InChI is InChI=1S/C28H31N7O3/c1-4-29-28(38)22-15-35-25(18(22)3)26(30-16-31-35)33-23-13-19(11-10-17(23)2)27(37)32-20-7-5-8-21(14-20)34-12-6-9-24(34)36/h5,7-8,10-11,13-16,27,32,37H,4,6,9,12H2,1-3H3,(H,29,38)(H,30,31,33). The Bertz CT molecular complexity index is 1510. The van der Waals surface area contributed by atoms with Gasteiger partial charge in [0.1, 0.15) is 11.8 Å². The lowest BCUT2D eigenvalue weighted by molar-refractivity contribution is -0.117. The molecule has 38 heavy (non-hydrogen) atoms. The van der Waals surface area contributed by atoms with E-state index in [1.165, 1.54) is 6.33 Å². The lowest BCUT2D eigenvalue weighted by atomic mass is 10.1. The van der Waals surface area contributed by atoms with Gasteiger partial charge in [0, 0.05) is 48.3 Å². The minimum absolute atomic E-state index is 0.118. The highest BCUT2D eigenvalue weighted by molar-refractivity contribution is 5.99. The van der Waals surface area contributed by atoms with Gasteiger partial charge in [-0.2, -0.15) is 5.10 Å². The fourth-order valence-electron chi connectivity index (χ4n) is 4.73. The first-order valence-electron chi connectivity index (χ1n) is 12.7. The molecule has 0 radical (unpaired) electrons. The minimum Gasteiger partial charge on any atom is -0.369 e. The Morgan fingerprint density at radius 3 is 2.79 bits per heavy atom. The third kappa shape index (κ3) is 4.90. The largest absolute Gasteiger partial charge is 0.369 e. The van der Waals surface area contributed by atoms with Gasteiger partial charge in [0.25, 0.3) is 5.91 Å². The summed E-state index contributed by atoms with van der Waals surface area (Å²) in [6, 6.07) is 13.1. The number of carbonyl (C=O) groups is 2. The smallest absolute Gasteiger partial charge is 0.253 e. The van der Waals surface area contributed by atoms with Crippen molar-refractivity contribution in [2.45, 2.75) is 39.8 Å². The Morgan fingerprint density at radius 1 is 1.18 bits per heavy atom. The Morgan fingerprint density at radius 2 is 2.03 bits per heavy atom. The molecule has 4 aromatic rings. The number of benzene rings is 2. The lowest BCUT2D eigenvalue weighted by Crippen LogP contribution is -2.23. The molecule has 1 unspecified atom stereocenters. The Hall–Kier alpha value is -4.44. The molecule has 5 rings (SSSR count). The summed E-state index contributed by atoms with van der Waals surface area (Å²) in [6.07, 6.45) is 3.57. The van der Waals surface area contributed by atoms with Crippen molar-refractivity contribution in [2.24, 2.45) is 0 Å². The quantitative estimate of drug-likeness (QED) is 0.262. The number of rotatable bonds is 8. The fourth-order valence-corrected chi connectivity index (χ4v) is 4.73. The van der Waals surface area contributed by atoms with Crippen LogP contribution >= 0.6 is 0 Å². The number of nitrogens with one attached hydrogen (secondary N) is 3. The van der Waals surface area contributed by atoms with Gasteiger partial charge in [0.05, 0.1) is 5.56 Å². The first kappa shape index (κ1) is 25.2. The van der Waals surface area contributed by atoms with Gasteiger partial charge in [-0.15, -0.1) is 0 Å². The van der Waals surface area contributed by atoms with Crippen LogP contribution in [0.25, 0.3) is 5.52 Å². The van der Waals surface area contributed by atoms with E-state index < -0.39 is 6.23 Å². The summed E-state index contributed by atoms with van der Waals surface area (Å²) in [4.78, 5) is 30.8. The van der Waals surface area contributed by atoms with Crippen LogP contribution in [0, 0.1) is 13.8 Å². The van der Waals surface area contributed by atoms with Gasteiger partial charge in [-0.1, -0.05) is 18.2 Å². The summed E-state index contributed by atoms with van der Waals surface area (Å²) in [5, 5.41) is 24.6. The zero-order valence-electron chi connectivity index (χ0n) is 21.7. The van der Waals surface area contributed by atoms with E-state index in [4.69, 9.17) is 0 Å². The summed E-state index contributed by atoms with van der Waals surface area (Å²) < 4.78 is 1.64. The van der Waals surface area contributed by atoms with Crippen LogP contribution in [0.5, 0.6) is 0 Å². The van der Waals surface area contributed by atoms with Crippen LogP contribution in [0.15, 0.2) is 55.0 Å². The Kier molecular flexibility index (Phi) is 6.97. The van der Waals surface area contributed by atoms with Crippen molar-refractivity contribution < 1.29 is 14.7 Å². The molecule has 1 atom stereocenters. The average molecular weight is 514 g/mol. The topological polar surface area (TPSA) is 124 Å². The summed E-state index contributed by atoms with van der Waals surface area (Å²) in [5.41, 5.74) is 5.92. The number of anilines is 4. The third-order valence-corrected chi connectivity index (χ3v) is 6.77. The average Bonchev–Trinajstić information content (AvgIpc) is 3.49. The number of hydrogen-bond donors (Lipinski definition) is 4. The van der Waals surface area contributed by atoms with Gasteiger partial charge in [0.2, 0.25) is 5.91 Å². The van der Waals surface area contributed by atoms with Crippen molar-refractivity contribution in [1.29, 1.82) is 0 Å². The first-order chi connectivity index (χ1) is 18.4. The summed E-state index contributed by atoms with van der Waals surface area (Å²) >= 11 is 0. The summed E-state index contributed by atoms with van der Waals surface area (Å²) in [6.45, 7) is 6.95. The molecule has 0 saturated carbocycles. The second-order valence-corrected chi connectivity index (χ2v) is 9.37. The SMILES string of the molecule is CCNC(=O)c1cn2ncnc(Nc3cc(C(O)Nc4cccc(N5CCCC5=O)c4)ccc3C)c2c1C. The number of fused-ring (bicyclic) bond motifs is 1. The number of nitrogens with zero attached hydrogens (tertiary/aromatic N) is 4. The number of carbonyl (C=O) groups excluding carboxylic acids is 2. The molecule has 1 aliphatic heterocycles. The van der Waals surface area contributed by atoms with E-state index >= 15 is 0 Å². The van der Waals surface area contributed by atoms with E-state index in [1.807, 2.05) is 63.2 Å². The van der Waals surface area contributed by atoms with Crippen molar-refractivity contribution in [1.82, 2.24) is 19.9 Å². The van der Waals surface area contributed by atoms with Crippen LogP contribution in [0.4, 0.5) is 22.9 Å². The first-order valence-corrected chi connectivity index (χ1v) is 12.7. The van der Waals surface area contributed by atoms with Gasteiger partial charge < -0.3 is 26.0 Å². The molecule has 10 nitrogen and oxygen atoms in total. The molecule has 0 bridgehead atoms. The molecule has 10 heteroatoms. The number of aromatic nitrogens is 3. The van der Waals surface area contributed by atoms with E-state index in [1.54, 1.807) is 15.6 Å². The molecule has 1 aliphatic rings. The number of aliphatic hydroxyl groups excluding tert-OH is 1. The van der Waals surface area contributed by atoms with Crippen molar-refractivity contribution in [3.05, 3.63) is 77.2 Å². The molecule has 2 amide bonds. The van der Waals surface area contributed by atoms with Crippen molar-refractivity contribution in [2.75, 3.05) is 28.6 Å². The molecular weight excluding hydrogens is 482 g/mol. The van der Waals surface area contributed by atoms with Crippen LogP contribution in [0.3, 0.4) is 0 Å². The van der Waals surface area contributed by atoms with Crippen LogP contribution in [-0.4, -0.2) is 44.6 Å². The van der Waals surface area contributed by atoms with Crippen LogP contribution in [0.1, 0.15) is 53.0 Å². The zero-order valence-corrected chi connectivity index (χ0v) is 21.7. The molecule has 2 aromatic carbocycles. The van der Waals surface area contributed by atoms with E-state index in [-0.39, 0.29) is 11.8 Å². The van der Waals surface area contributed by atoms with Crippen LogP contribution < -0.4 is 20.9 Å². The van der Waals surface area contributed by atoms with Gasteiger partial charge in [-0.3, -0.25) is 9.59 Å². The summed E-state index contributed by atoms with van der Waals surface area (Å²) in [7, 11) is 0. The van der Waals surface area contributed by atoms with Gasteiger partial charge in [-0.05, 0) is 62.6 Å². The number of amides is 2. The van der Waals surface area contributed by atoms with E-state index in [0.29, 0.717) is 47.7 Å². The normalized spacial score (nSPS) is 14.1. The van der Waals surface area contributed by atoms with Gasteiger partial charge >= 0.3 is 0 Å². The number of hydrogen-bond acceptors (Lipinski definition) is 7. The van der Waals surface area contributed by atoms with Crippen LogP contribution in [0.2, 0.25) is 0 Å². The van der Waals surface area contributed by atoms with E-state index in [9.17, 15) is 14.7 Å². The second kappa shape index (κ2) is 10.5. The highest BCUT2D eigenvalue weighted by atomic mass is 16.3. The monoisotopic (exact) mass is 513 g/mol. The van der Waals surface area contributed by atoms with E-state index in [0.717, 1.165) is 28.9 Å². The Balaban J connectivity index is 1.39. The molecule has 1 fully saturated rings. The zero-order chi connectivity index (χ0) is 26.8. The molecular formula is C28H31N7O3.